The summed E-state index contributed by atoms with van der Waals surface area (Å²) in [5.74, 6) is 5.63. The van der Waals surface area contributed by atoms with E-state index in [1.165, 1.54) is 29.1 Å². The van der Waals surface area contributed by atoms with E-state index in [1.807, 2.05) is 6.07 Å². The molecule has 0 aliphatic carbocycles. The third-order valence-electron chi connectivity index (χ3n) is 2.53. The van der Waals surface area contributed by atoms with E-state index in [-0.39, 0.29) is 0 Å². The van der Waals surface area contributed by atoms with Gasteiger partial charge in [-0.25, -0.2) is 15.8 Å². The van der Waals surface area contributed by atoms with Crippen LogP contribution in [0.15, 0.2) is 34.3 Å². The van der Waals surface area contributed by atoms with Crippen molar-refractivity contribution in [3.63, 3.8) is 0 Å². The van der Waals surface area contributed by atoms with Gasteiger partial charge >= 0.3 is 0 Å². The Morgan fingerprint density at radius 3 is 2.72 bits per heavy atom. The van der Waals surface area contributed by atoms with Crippen molar-refractivity contribution in [1.29, 1.82) is 0 Å². The van der Waals surface area contributed by atoms with E-state index in [0.717, 1.165) is 4.90 Å². The molecule has 0 radical (unpaired) electrons. The van der Waals surface area contributed by atoms with E-state index < -0.39 is 0 Å². The zero-order chi connectivity index (χ0) is 13.1. The van der Waals surface area contributed by atoms with Gasteiger partial charge in [0.1, 0.15) is 5.03 Å². The predicted octanol–water partition coefficient (Wildman–Crippen LogP) is 3.18. The minimum atomic E-state index is 0.353. The number of nitrogens with one attached hydrogen (secondary N) is 1. The van der Waals surface area contributed by atoms with Gasteiger partial charge in [0.15, 0.2) is 0 Å². The molecule has 0 aliphatic rings. The first-order chi connectivity index (χ1) is 8.60. The second-order valence-electron chi connectivity index (χ2n) is 3.84. The second-order valence-corrected chi connectivity index (χ2v) is 5.31. The molecule has 0 amide bonds. The maximum absolute atomic E-state index is 6.06. The van der Waals surface area contributed by atoms with Crippen LogP contribution in [-0.2, 0) is 0 Å². The van der Waals surface area contributed by atoms with Crippen LogP contribution in [0.25, 0.3) is 0 Å². The van der Waals surface area contributed by atoms with E-state index in [1.54, 1.807) is 0 Å². The number of aromatic nitrogens is 2. The van der Waals surface area contributed by atoms with Crippen molar-refractivity contribution in [1.82, 2.24) is 9.97 Å². The molecule has 0 atom stereocenters. The Hall–Kier alpha value is -1.30. The molecular weight excluding hydrogens is 268 g/mol. The van der Waals surface area contributed by atoms with Gasteiger partial charge in [-0.3, -0.25) is 5.43 Å². The highest BCUT2D eigenvalue weighted by molar-refractivity contribution is 7.99. The Bertz CT molecular complexity index is 574. The fourth-order valence-electron chi connectivity index (χ4n) is 1.38. The van der Waals surface area contributed by atoms with Gasteiger partial charge in [-0.2, -0.15) is 0 Å². The normalized spacial score (nSPS) is 10.4. The molecule has 0 aliphatic heterocycles. The zero-order valence-corrected chi connectivity index (χ0v) is 11.6. The van der Waals surface area contributed by atoms with Crippen molar-refractivity contribution in [3.05, 3.63) is 40.5 Å². The van der Waals surface area contributed by atoms with Gasteiger partial charge in [0.2, 0.25) is 5.95 Å². The van der Waals surface area contributed by atoms with Crippen LogP contribution in [0.1, 0.15) is 11.1 Å². The number of hydrazine groups is 1. The first-order valence-corrected chi connectivity index (χ1v) is 6.54. The highest BCUT2D eigenvalue weighted by atomic mass is 35.5. The van der Waals surface area contributed by atoms with Gasteiger partial charge in [-0.1, -0.05) is 29.4 Å². The Kier molecular flexibility index (Phi) is 4.06. The van der Waals surface area contributed by atoms with Gasteiger partial charge in [-0.05, 0) is 37.1 Å². The van der Waals surface area contributed by atoms with Gasteiger partial charge < -0.3 is 0 Å². The second kappa shape index (κ2) is 5.56. The Balaban J connectivity index is 2.30. The molecule has 0 saturated heterocycles. The predicted molar refractivity (Wildman–Crippen MR) is 74.9 cm³/mol. The highest BCUT2D eigenvalue weighted by Gasteiger charge is 2.07. The number of benzene rings is 1. The summed E-state index contributed by atoms with van der Waals surface area (Å²) in [6.45, 7) is 4.16. The molecule has 0 saturated carbocycles. The molecule has 2 rings (SSSR count). The number of aryl methyl sites for hydroxylation is 2. The zero-order valence-electron chi connectivity index (χ0n) is 10.1. The lowest BCUT2D eigenvalue weighted by molar-refractivity contribution is 1.03. The quantitative estimate of drug-likeness (QED) is 0.514. The van der Waals surface area contributed by atoms with E-state index in [9.17, 15) is 0 Å². The number of hydrogen-bond acceptors (Lipinski definition) is 5. The number of nitrogens with two attached hydrogens (primary N) is 1. The van der Waals surface area contributed by atoms with Gasteiger partial charge in [-0.15, -0.1) is 0 Å². The van der Waals surface area contributed by atoms with Crippen molar-refractivity contribution >= 4 is 29.3 Å². The molecule has 94 valence electrons. The van der Waals surface area contributed by atoms with E-state index in [4.69, 9.17) is 17.4 Å². The number of anilines is 1. The maximum atomic E-state index is 6.06. The molecule has 2 aromatic rings. The molecule has 3 N–H and O–H groups in total. The summed E-state index contributed by atoms with van der Waals surface area (Å²) in [6, 6.07) is 6.23. The number of halogens is 1. The molecule has 4 nitrogen and oxygen atoms in total. The molecule has 6 heteroatoms. The third-order valence-corrected chi connectivity index (χ3v) is 3.92. The van der Waals surface area contributed by atoms with Gasteiger partial charge in [0, 0.05) is 4.90 Å². The molecule has 0 unspecified atom stereocenters. The van der Waals surface area contributed by atoms with Crippen LogP contribution in [0.4, 0.5) is 5.95 Å². The van der Waals surface area contributed by atoms with Gasteiger partial charge in [0.05, 0.1) is 11.2 Å². The number of rotatable bonds is 3. The molecule has 0 fully saturated rings. The van der Waals surface area contributed by atoms with Crippen LogP contribution in [0.5, 0.6) is 0 Å². The first kappa shape index (κ1) is 13.1. The number of nitrogens with zero attached hydrogens (tertiary/aromatic N) is 2. The lowest BCUT2D eigenvalue weighted by Crippen LogP contribution is -2.10. The summed E-state index contributed by atoms with van der Waals surface area (Å²) in [6.07, 6.45) is 1.53. The van der Waals surface area contributed by atoms with Crippen molar-refractivity contribution in [2.45, 2.75) is 23.8 Å². The minimum Gasteiger partial charge on any atom is -0.292 e. The summed E-state index contributed by atoms with van der Waals surface area (Å²) < 4.78 is 0. The monoisotopic (exact) mass is 280 g/mol. The van der Waals surface area contributed by atoms with Crippen molar-refractivity contribution in [2.75, 3.05) is 5.43 Å². The molecular formula is C12H13ClN4S. The summed E-state index contributed by atoms with van der Waals surface area (Å²) in [5, 5.41) is 1.19. The van der Waals surface area contributed by atoms with Crippen LogP contribution in [0.2, 0.25) is 5.02 Å². The molecule has 1 aromatic carbocycles. The Morgan fingerprint density at radius 2 is 2.06 bits per heavy atom. The van der Waals surface area contributed by atoms with Crippen LogP contribution in [0, 0.1) is 13.8 Å². The van der Waals surface area contributed by atoms with Crippen LogP contribution >= 0.6 is 23.4 Å². The maximum Gasteiger partial charge on any atom is 0.238 e. The summed E-state index contributed by atoms with van der Waals surface area (Å²) in [4.78, 5) is 9.25. The fourth-order valence-corrected chi connectivity index (χ4v) is 2.47. The van der Waals surface area contributed by atoms with E-state index in [2.05, 4.69) is 41.4 Å². The third kappa shape index (κ3) is 2.93. The summed E-state index contributed by atoms with van der Waals surface area (Å²) in [5.41, 5.74) is 4.91. The average Bonchev–Trinajstić information content (AvgIpc) is 2.36. The van der Waals surface area contributed by atoms with E-state index in [0.29, 0.717) is 16.0 Å². The Labute approximate surface area is 115 Å². The average molecular weight is 281 g/mol. The number of nitrogen functional groups attached to an aromatic ring is 1. The molecule has 1 heterocycles. The summed E-state index contributed by atoms with van der Waals surface area (Å²) in [7, 11) is 0. The van der Waals surface area contributed by atoms with Crippen molar-refractivity contribution < 1.29 is 0 Å². The fraction of sp³-hybridized carbons (Fsp3) is 0.167. The van der Waals surface area contributed by atoms with Crippen molar-refractivity contribution in [2.24, 2.45) is 5.84 Å². The first-order valence-electron chi connectivity index (χ1n) is 5.34. The molecule has 18 heavy (non-hydrogen) atoms. The largest absolute Gasteiger partial charge is 0.292 e. The SMILES string of the molecule is Cc1ccc(Sc2nc(NN)ncc2Cl)cc1C. The van der Waals surface area contributed by atoms with Gasteiger partial charge in [0.25, 0.3) is 0 Å². The minimum absolute atomic E-state index is 0.353. The lowest BCUT2D eigenvalue weighted by Gasteiger charge is -2.07. The highest BCUT2D eigenvalue weighted by Crippen LogP contribution is 2.32. The topological polar surface area (TPSA) is 63.8 Å². The lowest BCUT2D eigenvalue weighted by atomic mass is 10.1. The molecule has 0 spiro atoms. The summed E-state index contributed by atoms with van der Waals surface area (Å²) >= 11 is 7.55. The van der Waals surface area contributed by atoms with E-state index >= 15 is 0 Å². The van der Waals surface area contributed by atoms with Crippen molar-refractivity contribution in [3.8, 4) is 0 Å². The van der Waals surface area contributed by atoms with Crippen LogP contribution < -0.4 is 11.3 Å². The smallest absolute Gasteiger partial charge is 0.238 e. The Morgan fingerprint density at radius 1 is 1.28 bits per heavy atom. The molecule has 0 bridgehead atoms. The standard InChI is InChI=1S/C12H13ClN4S/c1-7-3-4-9(5-8(7)2)18-11-10(13)6-15-12(16-11)17-14/h3-6H,14H2,1-2H3,(H,15,16,17). The van der Waals surface area contributed by atoms with Crippen LogP contribution in [0.3, 0.4) is 0 Å². The molecule has 1 aromatic heterocycles. The number of hydrogen-bond donors (Lipinski definition) is 2. The van der Waals surface area contributed by atoms with Crippen LogP contribution in [-0.4, -0.2) is 9.97 Å².